The fraction of sp³-hybridized carbons (Fsp3) is 0.0625. The molecule has 4 rings (SSSR count). The minimum Gasteiger partial charge on any atom is -0.504 e. The van der Waals surface area contributed by atoms with Gasteiger partial charge in [-0.15, -0.1) is 0 Å². The molecule has 4 aromatic rings. The molecule has 2 heterocycles. The maximum atomic E-state index is 12.2. The summed E-state index contributed by atoms with van der Waals surface area (Å²) in [6.07, 6.45) is 0. The molecule has 104 valence electrons. The molecule has 0 spiro atoms. The molecular formula is C16H10O5. The third kappa shape index (κ3) is 1.54. The summed E-state index contributed by atoms with van der Waals surface area (Å²) < 4.78 is 11.0. The number of aryl methyl sites for hydroxylation is 1. The fourth-order valence-corrected chi connectivity index (χ4v) is 2.57. The molecule has 5 nitrogen and oxygen atoms in total. The van der Waals surface area contributed by atoms with Gasteiger partial charge in [-0.1, -0.05) is 6.07 Å². The summed E-state index contributed by atoms with van der Waals surface area (Å²) in [5.74, 6) is -0.611. The van der Waals surface area contributed by atoms with Gasteiger partial charge in [0.2, 0.25) is 0 Å². The molecular weight excluding hydrogens is 272 g/mol. The maximum absolute atomic E-state index is 12.2. The number of furan rings is 1. The summed E-state index contributed by atoms with van der Waals surface area (Å²) in [4.78, 5) is 12.2. The van der Waals surface area contributed by atoms with Crippen LogP contribution in [-0.2, 0) is 0 Å². The zero-order chi connectivity index (χ0) is 14.7. The Hall–Kier alpha value is -2.95. The highest BCUT2D eigenvalue weighted by Gasteiger charge is 2.17. The first kappa shape index (κ1) is 11.8. The van der Waals surface area contributed by atoms with E-state index in [1.807, 2.05) is 19.1 Å². The average molecular weight is 282 g/mol. The molecule has 0 bridgehead atoms. The molecule has 0 saturated heterocycles. The molecule has 0 fully saturated rings. The van der Waals surface area contributed by atoms with Crippen molar-refractivity contribution >= 4 is 32.9 Å². The maximum Gasteiger partial charge on any atom is 0.348 e. The zero-order valence-electron chi connectivity index (χ0n) is 11.0. The first-order valence-electron chi connectivity index (χ1n) is 6.36. The summed E-state index contributed by atoms with van der Waals surface area (Å²) in [6.45, 7) is 1.90. The smallest absolute Gasteiger partial charge is 0.348 e. The number of rotatable bonds is 0. The van der Waals surface area contributed by atoms with E-state index < -0.39 is 5.63 Å². The van der Waals surface area contributed by atoms with E-state index in [2.05, 4.69) is 0 Å². The van der Waals surface area contributed by atoms with Gasteiger partial charge in [-0.25, -0.2) is 4.79 Å². The third-order valence-corrected chi connectivity index (χ3v) is 3.57. The van der Waals surface area contributed by atoms with Crippen LogP contribution in [-0.4, -0.2) is 10.2 Å². The van der Waals surface area contributed by atoms with Gasteiger partial charge in [-0.3, -0.25) is 0 Å². The van der Waals surface area contributed by atoms with Crippen LogP contribution >= 0.6 is 0 Å². The summed E-state index contributed by atoms with van der Waals surface area (Å²) in [5, 5.41) is 20.5. The fourth-order valence-electron chi connectivity index (χ4n) is 2.57. The van der Waals surface area contributed by atoms with Crippen molar-refractivity contribution in [2.24, 2.45) is 0 Å². The quantitative estimate of drug-likeness (QED) is 0.381. The highest BCUT2D eigenvalue weighted by atomic mass is 16.4. The van der Waals surface area contributed by atoms with Gasteiger partial charge in [0.25, 0.3) is 0 Å². The Labute approximate surface area is 117 Å². The van der Waals surface area contributed by atoms with E-state index in [9.17, 15) is 15.0 Å². The predicted molar refractivity (Wildman–Crippen MR) is 77.8 cm³/mol. The molecule has 2 N–H and O–H groups in total. The number of phenols is 2. The lowest BCUT2D eigenvalue weighted by Gasteiger charge is -1.98. The van der Waals surface area contributed by atoms with Gasteiger partial charge in [0, 0.05) is 11.5 Å². The van der Waals surface area contributed by atoms with Crippen molar-refractivity contribution in [1.82, 2.24) is 0 Å². The monoisotopic (exact) mass is 282 g/mol. The number of benzene rings is 2. The summed E-state index contributed by atoms with van der Waals surface area (Å²) in [7, 11) is 0. The highest BCUT2D eigenvalue weighted by molar-refractivity contribution is 6.13. The van der Waals surface area contributed by atoms with Crippen molar-refractivity contribution in [3.05, 3.63) is 46.3 Å². The molecule has 0 aliphatic rings. The van der Waals surface area contributed by atoms with Crippen molar-refractivity contribution in [3.8, 4) is 11.5 Å². The number of aromatic hydroxyl groups is 2. The molecule has 5 heteroatoms. The van der Waals surface area contributed by atoms with Crippen molar-refractivity contribution < 1.29 is 19.0 Å². The van der Waals surface area contributed by atoms with E-state index in [0.29, 0.717) is 27.5 Å². The van der Waals surface area contributed by atoms with Gasteiger partial charge >= 0.3 is 5.63 Å². The zero-order valence-corrected chi connectivity index (χ0v) is 11.0. The van der Waals surface area contributed by atoms with E-state index >= 15 is 0 Å². The highest BCUT2D eigenvalue weighted by Crippen LogP contribution is 2.37. The summed E-state index contributed by atoms with van der Waals surface area (Å²) >= 11 is 0. The van der Waals surface area contributed by atoms with E-state index in [4.69, 9.17) is 8.83 Å². The van der Waals surface area contributed by atoms with Crippen LogP contribution < -0.4 is 5.63 Å². The van der Waals surface area contributed by atoms with Crippen LogP contribution in [0, 0.1) is 6.92 Å². The van der Waals surface area contributed by atoms with Crippen molar-refractivity contribution in [2.45, 2.75) is 6.92 Å². The van der Waals surface area contributed by atoms with Crippen LogP contribution in [0.25, 0.3) is 32.9 Å². The third-order valence-electron chi connectivity index (χ3n) is 3.57. The van der Waals surface area contributed by atoms with Crippen LogP contribution in [0.15, 0.2) is 44.0 Å². The number of fused-ring (bicyclic) bond motifs is 5. The Morgan fingerprint density at radius 3 is 2.43 bits per heavy atom. The van der Waals surface area contributed by atoms with E-state index in [0.717, 1.165) is 5.56 Å². The average Bonchev–Trinajstić information content (AvgIpc) is 2.78. The number of phenolic OH excluding ortho intramolecular Hbond substituents is 2. The Bertz CT molecular complexity index is 1080. The lowest BCUT2D eigenvalue weighted by Crippen LogP contribution is -1.98. The number of hydrogen-bond donors (Lipinski definition) is 2. The molecule has 0 aliphatic heterocycles. The van der Waals surface area contributed by atoms with Gasteiger partial charge in [0.05, 0.1) is 5.39 Å². The summed E-state index contributed by atoms with van der Waals surface area (Å²) in [5.41, 5.74) is 1.59. The first-order valence-corrected chi connectivity index (χ1v) is 6.36. The van der Waals surface area contributed by atoms with E-state index in [1.54, 1.807) is 6.07 Å². The Balaban J connectivity index is 2.31. The van der Waals surface area contributed by atoms with Gasteiger partial charge in [0.15, 0.2) is 17.1 Å². The van der Waals surface area contributed by atoms with E-state index in [-0.39, 0.29) is 16.9 Å². The number of hydrogen-bond acceptors (Lipinski definition) is 5. The Morgan fingerprint density at radius 1 is 0.905 bits per heavy atom. The minimum atomic E-state index is -0.535. The van der Waals surface area contributed by atoms with Gasteiger partial charge in [0.1, 0.15) is 16.6 Å². The van der Waals surface area contributed by atoms with Crippen molar-refractivity contribution in [3.63, 3.8) is 0 Å². The van der Waals surface area contributed by atoms with E-state index in [1.165, 1.54) is 12.1 Å². The molecule has 0 saturated carbocycles. The normalized spacial score (nSPS) is 11.7. The molecule has 0 aliphatic carbocycles. The van der Waals surface area contributed by atoms with Crippen molar-refractivity contribution in [2.75, 3.05) is 0 Å². The Kier molecular flexibility index (Phi) is 2.14. The van der Waals surface area contributed by atoms with Gasteiger partial charge in [-0.05, 0) is 30.7 Å². The topological polar surface area (TPSA) is 83.8 Å². The minimum absolute atomic E-state index is 0.261. The van der Waals surface area contributed by atoms with Gasteiger partial charge < -0.3 is 19.0 Å². The summed E-state index contributed by atoms with van der Waals surface area (Å²) in [6, 6.07) is 8.05. The molecule has 0 radical (unpaired) electrons. The molecule has 21 heavy (non-hydrogen) atoms. The van der Waals surface area contributed by atoms with Gasteiger partial charge in [-0.2, -0.15) is 0 Å². The second-order valence-electron chi connectivity index (χ2n) is 5.03. The Morgan fingerprint density at radius 2 is 1.62 bits per heavy atom. The van der Waals surface area contributed by atoms with Crippen LogP contribution in [0.3, 0.4) is 0 Å². The second-order valence-corrected chi connectivity index (χ2v) is 5.03. The van der Waals surface area contributed by atoms with Crippen LogP contribution in [0.4, 0.5) is 0 Å². The second kappa shape index (κ2) is 3.79. The molecule has 0 atom stereocenters. The molecule has 2 aromatic heterocycles. The SMILES string of the molecule is Cc1ccc2c(c1)oc(=O)c1c3cc(O)c(O)cc3oc21. The van der Waals surface area contributed by atoms with Crippen LogP contribution in [0.1, 0.15) is 5.56 Å². The molecule has 2 aromatic carbocycles. The van der Waals surface area contributed by atoms with Crippen LogP contribution in [0.5, 0.6) is 11.5 Å². The molecule has 0 amide bonds. The lowest BCUT2D eigenvalue weighted by molar-refractivity contribution is 0.404. The largest absolute Gasteiger partial charge is 0.504 e. The first-order chi connectivity index (χ1) is 10.0. The standard InChI is InChI=1S/C16H10O5/c1-7-2-3-8-12(4-7)21-16(19)14-9-5-10(17)11(18)6-13(9)20-15(8)14/h2-6,17-18H,1H3. The molecule has 0 unspecified atom stereocenters. The lowest BCUT2D eigenvalue weighted by atomic mass is 10.1. The van der Waals surface area contributed by atoms with Crippen LogP contribution in [0.2, 0.25) is 0 Å². The predicted octanol–water partition coefficient (Wildman–Crippen LogP) is 3.41. The van der Waals surface area contributed by atoms with Crippen molar-refractivity contribution in [1.29, 1.82) is 0 Å².